The Morgan fingerprint density at radius 1 is 1.15 bits per heavy atom. The van der Waals surface area contributed by atoms with Gasteiger partial charge in [-0.05, 0) is 61.8 Å². The van der Waals surface area contributed by atoms with Gasteiger partial charge >= 0.3 is 6.18 Å². The molecule has 1 N–H and O–H groups in total. The summed E-state index contributed by atoms with van der Waals surface area (Å²) in [5, 5.41) is 11.0. The van der Waals surface area contributed by atoms with Crippen molar-refractivity contribution < 1.29 is 27.4 Å². The van der Waals surface area contributed by atoms with Crippen molar-refractivity contribution in [1.29, 1.82) is 0 Å². The van der Waals surface area contributed by atoms with Crippen LogP contribution in [0.1, 0.15) is 57.4 Å². The third kappa shape index (κ3) is 5.05. The van der Waals surface area contributed by atoms with Crippen LogP contribution in [0.3, 0.4) is 0 Å². The van der Waals surface area contributed by atoms with Crippen LogP contribution >= 0.6 is 0 Å². The number of aliphatic hydroxyl groups excluding tert-OH is 1. The van der Waals surface area contributed by atoms with Crippen molar-refractivity contribution in [1.82, 2.24) is 4.57 Å². The predicted molar refractivity (Wildman–Crippen MR) is 123 cm³/mol. The molecule has 1 aromatic heterocycles. The number of fused-ring (bicyclic) bond motifs is 1. The van der Waals surface area contributed by atoms with E-state index in [-0.39, 0.29) is 23.0 Å². The molecule has 2 heterocycles. The van der Waals surface area contributed by atoms with Crippen LogP contribution in [-0.4, -0.2) is 29.7 Å². The Labute approximate surface area is 193 Å². The number of ether oxygens (including phenoxy) is 1. The predicted octanol–water partition coefficient (Wildman–Crippen LogP) is 5.51. The molecule has 1 aliphatic heterocycles. The number of hydrogen-bond donors (Lipinski definition) is 1. The molecule has 0 bridgehead atoms. The number of rotatable bonds is 4. The average molecular weight is 484 g/mol. The molecule has 5 nitrogen and oxygen atoms in total. The first kappa shape index (κ1) is 25.5. The third-order valence-electron chi connectivity index (χ3n) is 6.76. The van der Waals surface area contributed by atoms with Gasteiger partial charge in [-0.3, -0.25) is 4.79 Å². The number of alkyl halides is 3. The molecule has 0 amide bonds. The molecule has 182 valence electrons. The van der Waals surface area contributed by atoms with E-state index >= 15 is 0 Å². The van der Waals surface area contributed by atoms with Gasteiger partial charge in [0, 0.05) is 17.8 Å². The summed E-state index contributed by atoms with van der Waals surface area (Å²) in [4.78, 5) is 13.1. The highest BCUT2D eigenvalue weighted by molar-refractivity contribution is 6.74. The van der Waals surface area contributed by atoms with Gasteiger partial charge in [0.05, 0.1) is 18.2 Å². The van der Waals surface area contributed by atoms with Gasteiger partial charge in [0.2, 0.25) is 0 Å². The Morgan fingerprint density at radius 3 is 2.33 bits per heavy atom. The number of halogens is 3. The van der Waals surface area contributed by atoms with Crippen LogP contribution in [0.15, 0.2) is 41.3 Å². The van der Waals surface area contributed by atoms with Crippen LogP contribution in [0.25, 0.3) is 0 Å². The van der Waals surface area contributed by atoms with Crippen LogP contribution in [0.4, 0.5) is 13.2 Å². The first-order valence-corrected chi connectivity index (χ1v) is 13.8. The molecule has 0 unspecified atom stereocenters. The van der Waals surface area contributed by atoms with Crippen molar-refractivity contribution in [3.63, 3.8) is 0 Å². The number of aromatic nitrogens is 1. The summed E-state index contributed by atoms with van der Waals surface area (Å²) in [6.07, 6.45) is -4.31. The van der Waals surface area contributed by atoms with Gasteiger partial charge in [0.1, 0.15) is 17.5 Å². The fourth-order valence-electron chi connectivity index (χ4n) is 3.58. The van der Waals surface area contributed by atoms with Crippen LogP contribution in [0, 0.1) is 0 Å². The van der Waals surface area contributed by atoms with Crippen molar-refractivity contribution in [2.75, 3.05) is 0 Å². The van der Waals surface area contributed by atoms with E-state index in [1.807, 2.05) is 0 Å². The fourth-order valence-corrected chi connectivity index (χ4v) is 4.54. The highest BCUT2D eigenvalue weighted by Crippen LogP contribution is 2.44. The van der Waals surface area contributed by atoms with E-state index < -0.39 is 43.4 Å². The van der Waals surface area contributed by atoms with Gasteiger partial charge in [-0.1, -0.05) is 20.8 Å². The SMILES string of the molecule is CC1(C)Oc2ccc(C(F)(F)F)cc2[C@H](n2ccc(CO[Si](C)(C)C(C)(C)C)cc2=O)[C@H]1O. The van der Waals surface area contributed by atoms with Gasteiger partial charge in [0.25, 0.3) is 5.56 Å². The first-order valence-electron chi connectivity index (χ1n) is 10.9. The van der Waals surface area contributed by atoms with E-state index in [1.165, 1.54) is 22.9 Å². The molecule has 9 heteroatoms. The third-order valence-corrected chi connectivity index (χ3v) is 11.2. The van der Waals surface area contributed by atoms with Gasteiger partial charge in [-0.25, -0.2) is 0 Å². The highest BCUT2D eigenvalue weighted by atomic mass is 28.4. The number of hydrogen-bond acceptors (Lipinski definition) is 4. The minimum atomic E-state index is -4.56. The smallest absolute Gasteiger partial charge is 0.416 e. The van der Waals surface area contributed by atoms with E-state index in [0.29, 0.717) is 5.56 Å². The molecule has 3 rings (SSSR count). The zero-order valence-electron chi connectivity index (χ0n) is 20.1. The van der Waals surface area contributed by atoms with Gasteiger partial charge < -0.3 is 18.8 Å². The topological polar surface area (TPSA) is 60.7 Å². The zero-order valence-corrected chi connectivity index (χ0v) is 21.1. The number of nitrogens with zero attached hydrogens (tertiary/aromatic N) is 1. The summed E-state index contributed by atoms with van der Waals surface area (Å²) in [7, 11) is -2.02. The maximum absolute atomic E-state index is 13.4. The van der Waals surface area contributed by atoms with Gasteiger partial charge in [-0.15, -0.1) is 0 Å². The maximum atomic E-state index is 13.4. The van der Waals surface area contributed by atoms with E-state index in [1.54, 1.807) is 19.9 Å². The van der Waals surface area contributed by atoms with Crippen LogP contribution in [0.5, 0.6) is 5.75 Å². The molecule has 0 spiro atoms. The normalized spacial score (nSPS) is 20.8. The second kappa shape index (κ2) is 8.28. The Hall–Kier alpha value is -2.10. The lowest BCUT2D eigenvalue weighted by Crippen LogP contribution is -2.52. The molecule has 2 atom stereocenters. The molecule has 1 aliphatic rings. The average Bonchev–Trinajstić information content (AvgIpc) is 2.66. The minimum absolute atomic E-state index is 0.0136. The molecule has 0 fully saturated rings. The first-order chi connectivity index (χ1) is 14.9. The van der Waals surface area contributed by atoms with Gasteiger partial charge in [0.15, 0.2) is 8.32 Å². The maximum Gasteiger partial charge on any atom is 0.416 e. The molecule has 33 heavy (non-hydrogen) atoms. The Morgan fingerprint density at radius 2 is 1.79 bits per heavy atom. The van der Waals surface area contributed by atoms with Crippen molar-refractivity contribution in [2.45, 2.75) is 83.3 Å². The summed E-state index contributed by atoms with van der Waals surface area (Å²) in [6.45, 7) is 14.1. The summed E-state index contributed by atoms with van der Waals surface area (Å²) in [6, 6.07) is 5.21. The Kier molecular flexibility index (Phi) is 6.41. The molecule has 2 aromatic rings. The van der Waals surface area contributed by atoms with Crippen molar-refractivity contribution in [3.05, 3.63) is 63.6 Å². The Balaban J connectivity index is 2.01. The van der Waals surface area contributed by atoms with Crippen LogP contribution < -0.4 is 10.3 Å². The van der Waals surface area contributed by atoms with Crippen molar-refractivity contribution in [2.24, 2.45) is 0 Å². The summed E-state index contributed by atoms with van der Waals surface area (Å²) < 4.78 is 53.3. The van der Waals surface area contributed by atoms with E-state index in [0.717, 1.165) is 12.1 Å². The number of benzene rings is 1. The fraction of sp³-hybridized carbons (Fsp3) is 0.542. The second-order valence-corrected chi connectivity index (χ2v) is 15.5. The van der Waals surface area contributed by atoms with Gasteiger partial charge in [-0.2, -0.15) is 13.2 Å². The van der Waals surface area contributed by atoms with Crippen LogP contribution in [0.2, 0.25) is 18.1 Å². The quantitative estimate of drug-likeness (QED) is 0.583. The standard InChI is InChI=1S/C24H32F3NO4Si/c1-22(2,3)33(6,7)31-14-15-10-11-28(19(29)12-15)20-17-13-16(24(25,26)27)8-9-18(17)32-23(4,5)21(20)30/h8-13,20-21,30H,14H2,1-7H3/t20-,21+/m0/s1. The molecule has 0 radical (unpaired) electrons. The van der Waals surface area contributed by atoms with Crippen molar-refractivity contribution in [3.8, 4) is 5.75 Å². The van der Waals surface area contributed by atoms with Crippen molar-refractivity contribution >= 4 is 8.32 Å². The molecule has 0 saturated carbocycles. The highest BCUT2D eigenvalue weighted by Gasteiger charge is 2.45. The zero-order chi connectivity index (χ0) is 25.0. The largest absolute Gasteiger partial charge is 0.485 e. The molecular weight excluding hydrogens is 451 g/mol. The minimum Gasteiger partial charge on any atom is -0.485 e. The van der Waals surface area contributed by atoms with E-state index in [2.05, 4.69) is 33.9 Å². The molecule has 0 aliphatic carbocycles. The lowest BCUT2D eigenvalue weighted by Gasteiger charge is -2.42. The lowest BCUT2D eigenvalue weighted by atomic mass is 9.85. The van der Waals surface area contributed by atoms with E-state index in [9.17, 15) is 23.1 Å². The summed E-state index contributed by atoms with van der Waals surface area (Å²) >= 11 is 0. The van der Waals surface area contributed by atoms with Crippen LogP contribution in [-0.2, 0) is 17.2 Å². The lowest BCUT2D eigenvalue weighted by molar-refractivity contribution is -0.137. The summed E-state index contributed by atoms with van der Waals surface area (Å²) in [5.41, 5.74) is -1.62. The second-order valence-electron chi connectivity index (χ2n) is 10.7. The number of aliphatic hydroxyl groups is 1. The Bertz CT molecular complexity index is 1090. The molecule has 1 aromatic carbocycles. The monoisotopic (exact) mass is 483 g/mol. The number of pyridine rings is 1. The summed E-state index contributed by atoms with van der Waals surface area (Å²) in [5.74, 6) is 0.209. The van der Waals surface area contributed by atoms with E-state index in [4.69, 9.17) is 9.16 Å². The molecule has 0 saturated heterocycles. The molecular formula is C24H32F3NO4Si.